The van der Waals surface area contributed by atoms with Crippen LogP contribution >= 0.6 is 0 Å². The van der Waals surface area contributed by atoms with Crippen molar-refractivity contribution in [2.45, 2.75) is 13.3 Å². The molecule has 0 radical (unpaired) electrons. The summed E-state index contributed by atoms with van der Waals surface area (Å²) >= 11 is 0. The van der Waals surface area contributed by atoms with Crippen molar-refractivity contribution in [1.82, 2.24) is 4.98 Å². The van der Waals surface area contributed by atoms with Crippen molar-refractivity contribution >= 4 is 21.7 Å². The molecule has 0 N–H and O–H groups in total. The van der Waals surface area contributed by atoms with Gasteiger partial charge in [-0.25, -0.2) is 0 Å². The Kier molecular flexibility index (Phi) is 3.12. The SMILES string of the molecule is CCc1cc(-c2ccccc2)c2ccc3ccccc3c2n1. The summed E-state index contributed by atoms with van der Waals surface area (Å²) in [5.41, 5.74) is 4.77. The lowest BCUT2D eigenvalue weighted by molar-refractivity contribution is 1.06. The van der Waals surface area contributed by atoms with E-state index in [0.29, 0.717) is 0 Å². The Labute approximate surface area is 130 Å². The lowest BCUT2D eigenvalue weighted by Crippen LogP contribution is -1.92. The summed E-state index contributed by atoms with van der Waals surface area (Å²) in [6.45, 7) is 2.16. The average Bonchev–Trinajstić information content (AvgIpc) is 2.61. The van der Waals surface area contributed by atoms with E-state index >= 15 is 0 Å². The van der Waals surface area contributed by atoms with Crippen LogP contribution in [0.1, 0.15) is 12.6 Å². The Morgan fingerprint density at radius 2 is 1.55 bits per heavy atom. The van der Waals surface area contributed by atoms with E-state index in [2.05, 4.69) is 79.7 Å². The first kappa shape index (κ1) is 13.0. The highest BCUT2D eigenvalue weighted by molar-refractivity contribution is 6.09. The minimum absolute atomic E-state index is 0.943. The first-order valence-electron chi connectivity index (χ1n) is 7.73. The van der Waals surface area contributed by atoms with Gasteiger partial charge in [0.2, 0.25) is 0 Å². The molecule has 4 aromatic rings. The largest absolute Gasteiger partial charge is 0.252 e. The maximum atomic E-state index is 4.91. The first-order chi connectivity index (χ1) is 10.9. The fourth-order valence-corrected chi connectivity index (χ4v) is 3.05. The number of aryl methyl sites for hydroxylation is 1. The van der Waals surface area contributed by atoms with Gasteiger partial charge in [-0.2, -0.15) is 0 Å². The van der Waals surface area contributed by atoms with Crippen molar-refractivity contribution in [3.05, 3.63) is 78.5 Å². The molecule has 1 heterocycles. The molecule has 0 atom stereocenters. The Morgan fingerprint density at radius 1 is 0.773 bits per heavy atom. The van der Waals surface area contributed by atoms with Crippen molar-refractivity contribution < 1.29 is 0 Å². The highest BCUT2D eigenvalue weighted by Crippen LogP contribution is 2.32. The standard InChI is InChI=1S/C21H17N/c1-2-17-14-20(15-8-4-3-5-9-15)19-13-12-16-10-6-7-11-18(16)21(19)22-17/h3-14H,2H2,1H3. The van der Waals surface area contributed by atoms with Gasteiger partial charge in [-0.1, -0.05) is 73.7 Å². The summed E-state index contributed by atoms with van der Waals surface area (Å²) in [5, 5.41) is 3.70. The molecular weight excluding hydrogens is 266 g/mol. The second kappa shape index (κ2) is 5.27. The van der Waals surface area contributed by atoms with Crippen LogP contribution in [0.25, 0.3) is 32.8 Å². The van der Waals surface area contributed by atoms with Crippen molar-refractivity contribution in [3.8, 4) is 11.1 Å². The molecule has 0 spiro atoms. The van der Waals surface area contributed by atoms with Crippen molar-refractivity contribution in [2.24, 2.45) is 0 Å². The maximum absolute atomic E-state index is 4.91. The van der Waals surface area contributed by atoms with Gasteiger partial charge in [-0.05, 0) is 29.0 Å². The van der Waals surface area contributed by atoms with Crippen LogP contribution in [-0.2, 0) is 6.42 Å². The molecule has 0 fully saturated rings. The van der Waals surface area contributed by atoms with Gasteiger partial charge in [0.25, 0.3) is 0 Å². The zero-order chi connectivity index (χ0) is 14.9. The maximum Gasteiger partial charge on any atom is 0.0789 e. The Hall–Kier alpha value is -2.67. The van der Waals surface area contributed by atoms with Gasteiger partial charge >= 0.3 is 0 Å². The normalized spacial score (nSPS) is 11.1. The monoisotopic (exact) mass is 283 g/mol. The van der Waals surface area contributed by atoms with Gasteiger partial charge in [-0.15, -0.1) is 0 Å². The number of hydrogen-bond acceptors (Lipinski definition) is 1. The summed E-state index contributed by atoms with van der Waals surface area (Å²) in [6, 6.07) is 25.7. The van der Waals surface area contributed by atoms with E-state index in [1.54, 1.807) is 0 Å². The van der Waals surface area contributed by atoms with Gasteiger partial charge in [0.15, 0.2) is 0 Å². The highest BCUT2D eigenvalue weighted by Gasteiger charge is 2.09. The van der Waals surface area contributed by atoms with Crippen LogP contribution in [-0.4, -0.2) is 4.98 Å². The quantitative estimate of drug-likeness (QED) is 0.435. The third kappa shape index (κ3) is 2.06. The molecule has 0 amide bonds. The van der Waals surface area contributed by atoms with E-state index in [4.69, 9.17) is 4.98 Å². The molecule has 1 aromatic heterocycles. The Bertz CT molecular complexity index is 955. The van der Waals surface area contributed by atoms with Crippen LogP contribution in [0, 0.1) is 0 Å². The van der Waals surface area contributed by atoms with Gasteiger partial charge < -0.3 is 0 Å². The molecule has 0 aliphatic carbocycles. The lowest BCUT2D eigenvalue weighted by Gasteiger charge is -2.11. The molecule has 1 heteroatoms. The van der Waals surface area contributed by atoms with E-state index in [9.17, 15) is 0 Å². The summed E-state index contributed by atoms with van der Waals surface area (Å²) in [5.74, 6) is 0. The third-order valence-electron chi connectivity index (χ3n) is 4.20. The molecule has 4 rings (SSSR count). The van der Waals surface area contributed by atoms with E-state index in [-0.39, 0.29) is 0 Å². The Balaban J connectivity index is 2.14. The second-order valence-corrected chi connectivity index (χ2v) is 5.56. The van der Waals surface area contributed by atoms with E-state index in [1.165, 1.54) is 27.3 Å². The molecule has 0 saturated carbocycles. The molecule has 0 unspecified atom stereocenters. The predicted octanol–water partition coefficient (Wildman–Crippen LogP) is 5.62. The second-order valence-electron chi connectivity index (χ2n) is 5.56. The summed E-state index contributed by atoms with van der Waals surface area (Å²) in [4.78, 5) is 4.91. The topological polar surface area (TPSA) is 12.9 Å². The highest BCUT2D eigenvalue weighted by atomic mass is 14.7. The number of fused-ring (bicyclic) bond motifs is 3. The molecule has 3 aromatic carbocycles. The van der Waals surface area contributed by atoms with Crippen molar-refractivity contribution in [1.29, 1.82) is 0 Å². The molecule has 0 bridgehead atoms. The van der Waals surface area contributed by atoms with Crippen LogP contribution in [0.4, 0.5) is 0 Å². The molecule has 106 valence electrons. The minimum Gasteiger partial charge on any atom is -0.252 e. The third-order valence-corrected chi connectivity index (χ3v) is 4.20. The van der Waals surface area contributed by atoms with Crippen LogP contribution in [0.3, 0.4) is 0 Å². The summed E-state index contributed by atoms with van der Waals surface area (Å²) in [6.07, 6.45) is 0.943. The number of pyridine rings is 1. The average molecular weight is 283 g/mol. The van der Waals surface area contributed by atoms with E-state index in [0.717, 1.165) is 17.6 Å². The van der Waals surface area contributed by atoms with E-state index in [1.807, 2.05) is 0 Å². The molecule has 0 saturated heterocycles. The summed E-state index contributed by atoms with van der Waals surface area (Å²) in [7, 11) is 0. The van der Waals surface area contributed by atoms with Gasteiger partial charge in [-0.3, -0.25) is 4.98 Å². The Morgan fingerprint density at radius 3 is 2.36 bits per heavy atom. The zero-order valence-corrected chi connectivity index (χ0v) is 12.6. The number of aromatic nitrogens is 1. The zero-order valence-electron chi connectivity index (χ0n) is 12.6. The number of benzene rings is 3. The minimum atomic E-state index is 0.943. The molecule has 1 nitrogen and oxygen atoms in total. The van der Waals surface area contributed by atoms with Crippen LogP contribution < -0.4 is 0 Å². The van der Waals surface area contributed by atoms with Crippen molar-refractivity contribution in [2.75, 3.05) is 0 Å². The predicted molar refractivity (Wildman–Crippen MR) is 94.1 cm³/mol. The van der Waals surface area contributed by atoms with Crippen LogP contribution in [0.5, 0.6) is 0 Å². The van der Waals surface area contributed by atoms with Gasteiger partial charge in [0.1, 0.15) is 0 Å². The van der Waals surface area contributed by atoms with Gasteiger partial charge in [0.05, 0.1) is 5.52 Å². The fraction of sp³-hybridized carbons (Fsp3) is 0.0952. The van der Waals surface area contributed by atoms with Gasteiger partial charge in [0, 0.05) is 16.5 Å². The number of rotatable bonds is 2. The number of nitrogens with zero attached hydrogens (tertiary/aromatic N) is 1. The molecule has 0 aliphatic heterocycles. The molecule has 22 heavy (non-hydrogen) atoms. The van der Waals surface area contributed by atoms with Crippen molar-refractivity contribution in [3.63, 3.8) is 0 Å². The van der Waals surface area contributed by atoms with Crippen LogP contribution in [0.15, 0.2) is 72.8 Å². The smallest absolute Gasteiger partial charge is 0.0789 e. The van der Waals surface area contributed by atoms with E-state index < -0.39 is 0 Å². The first-order valence-corrected chi connectivity index (χ1v) is 7.73. The molecule has 0 aliphatic rings. The number of hydrogen-bond donors (Lipinski definition) is 0. The lowest BCUT2D eigenvalue weighted by atomic mass is 9.97. The van der Waals surface area contributed by atoms with Crippen LogP contribution in [0.2, 0.25) is 0 Å². The molecular formula is C21H17N. The summed E-state index contributed by atoms with van der Waals surface area (Å²) < 4.78 is 0. The fourth-order valence-electron chi connectivity index (χ4n) is 3.05.